The standard InChI is InChI=1S/C22H25N5O4/c1-12-19(22(26-31-12)30-17-11-23-16-3-2-8-29-20(16)17)14-6-7-27-15(9-14)10-18(25-27)24-21(28)13-4-5-13/h6-7,9-10,13,16-17,20,23H,2-5,8,11H2,1H3,(H,24,25,28). The normalized spacial score (nSPS) is 25.5. The van der Waals surface area contributed by atoms with Crippen molar-refractivity contribution in [3.63, 3.8) is 0 Å². The summed E-state index contributed by atoms with van der Waals surface area (Å²) < 4.78 is 19.5. The summed E-state index contributed by atoms with van der Waals surface area (Å²) in [6.07, 6.45) is 5.90. The van der Waals surface area contributed by atoms with E-state index in [1.165, 1.54) is 0 Å². The number of hydrogen-bond acceptors (Lipinski definition) is 7. The van der Waals surface area contributed by atoms with Crippen LogP contribution in [0.25, 0.3) is 16.6 Å². The third-order valence-corrected chi connectivity index (χ3v) is 6.36. The maximum absolute atomic E-state index is 12.0. The molecular weight excluding hydrogens is 398 g/mol. The van der Waals surface area contributed by atoms with Crippen molar-refractivity contribution in [3.8, 4) is 17.0 Å². The van der Waals surface area contributed by atoms with E-state index in [1.807, 2.05) is 31.3 Å². The molecule has 3 unspecified atom stereocenters. The number of amides is 1. The minimum atomic E-state index is -0.100. The van der Waals surface area contributed by atoms with E-state index in [0.29, 0.717) is 23.5 Å². The first kappa shape index (κ1) is 18.8. The van der Waals surface area contributed by atoms with Gasteiger partial charge in [-0.1, -0.05) is 0 Å². The van der Waals surface area contributed by atoms with E-state index < -0.39 is 0 Å². The summed E-state index contributed by atoms with van der Waals surface area (Å²) in [5.41, 5.74) is 2.62. The van der Waals surface area contributed by atoms with Gasteiger partial charge in [0, 0.05) is 37.4 Å². The van der Waals surface area contributed by atoms with Gasteiger partial charge >= 0.3 is 0 Å². The molecule has 162 valence electrons. The number of fused-ring (bicyclic) bond motifs is 2. The summed E-state index contributed by atoms with van der Waals surface area (Å²) >= 11 is 0. The molecule has 1 amide bonds. The Balaban J connectivity index is 1.27. The van der Waals surface area contributed by atoms with E-state index in [4.69, 9.17) is 14.0 Å². The van der Waals surface area contributed by atoms with Crippen molar-refractivity contribution in [2.75, 3.05) is 18.5 Å². The maximum atomic E-state index is 12.0. The predicted molar refractivity (Wildman–Crippen MR) is 112 cm³/mol. The zero-order chi connectivity index (χ0) is 20.9. The fraction of sp³-hybridized carbons (Fsp3) is 0.500. The second-order valence-electron chi connectivity index (χ2n) is 8.65. The molecule has 0 spiro atoms. The number of hydrogen-bond donors (Lipinski definition) is 2. The van der Waals surface area contributed by atoms with Crippen LogP contribution in [0.15, 0.2) is 28.9 Å². The molecule has 2 saturated heterocycles. The number of aryl methyl sites for hydroxylation is 1. The first-order valence-corrected chi connectivity index (χ1v) is 10.9. The summed E-state index contributed by atoms with van der Waals surface area (Å²) in [7, 11) is 0. The molecule has 0 bridgehead atoms. The topological polar surface area (TPSA) is 103 Å². The fourth-order valence-electron chi connectivity index (χ4n) is 4.57. The minimum absolute atomic E-state index is 0.0357. The molecule has 0 radical (unpaired) electrons. The molecule has 1 saturated carbocycles. The van der Waals surface area contributed by atoms with E-state index in [2.05, 4.69) is 20.9 Å². The van der Waals surface area contributed by atoms with Crippen LogP contribution in [0.1, 0.15) is 31.4 Å². The Bertz CT molecular complexity index is 1130. The lowest BCUT2D eigenvalue weighted by Gasteiger charge is -2.28. The van der Waals surface area contributed by atoms with Gasteiger partial charge in [0.05, 0.1) is 11.1 Å². The van der Waals surface area contributed by atoms with E-state index in [1.54, 1.807) is 4.52 Å². The zero-order valence-corrected chi connectivity index (χ0v) is 17.3. The Morgan fingerprint density at radius 1 is 1.32 bits per heavy atom. The largest absolute Gasteiger partial charge is 0.468 e. The highest BCUT2D eigenvalue weighted by molar-refractivity contribution is 5.93. The van der Waals surface area contributed by atoms with Gasteiger partial charge in [0.2, 0.25) is 5.91 Å². The van der Waals surface area contributed by atoms with Crippen LogP contribution < -0.4 is 15.4 Å². The van der Waals surface area contributed by atoms with Gasteiger partial charge in [-0.2, -0.15) is 5.10 Å². The second kappa shape index (κ2) is 7.35. The van der Waals surface area contributed by atoms with Gasteiger partial charge in [-0.15, -0.1) is 0 Å². The van der Waals surface area contributed by atoms with Crippen LogP contribution in [0.5, 0.6) is 5.88 Å². The third kappa shape index (κ3) is 3.47. The fourth-order valence-corrected chi connectivity index (χ4v) is 4.57. The Morgan fingerprint density at radius 3 is 3.10 bits per heavy atom. The van der Waals surface area contributed by atoms with Gasteiger partial charge in [0.1, 0.15) is 18.0 Å². The first-order chi connectivity index (χ1) is 15.2. The minimum Gasteiger partial charge on any atom is -0.468 e. The number of nitrogens with one attached hydrogen (secondary N) is 2. The molecule has 9 nitrogen and oxygen atoms in total. The average Bonchev–Trinajstić information content (AvgIpc) is 3.30. The molecule has 9 heteroatoms. The number of aromatic nitrogens is 3. The molecule has 3 aliphatic rings. The number of rotatable bonds is 5. The van der Waals surface area contributed by atoms with Crippen LogP contribution in [0.4, 0.5) is 5.82 Å². The van der Waals surface area contributed by atoms with Gasteiger partial charge in [0.15, 0.2) is 5.82 Å². The summed E-state index contributed by atoms with van der Waals surface area (Å²) in [5.74, 6) is 1.91. The highest BCUT2D eigenvalue weighted by Gasteiger charge is 2.41. The monoisotopic (exact) mass is 423 g/mol. The lowest BCUT2D eigenvalue weighted by Crippen LogP contribution is -2.41. The Morgan fingerprint density at radius 2 is 2.23 bits per heavy atom. The highest BCUT2D eigenvalue weighted by Crippen LogP contribution is 2.36. The number of ether oxygens (including phenoxy) is 2. The van der Waals surface area contributed by atoms with Crippen molar-refractivity contribution in [1.29, 1.82) is 0 Å². The van der Waals surface area contributed by atoms with Crippen molar-refractivity contribution in [2.45, 2.75) is 50.9 Å². The summed E-state index contributed by atoms with van der Waals surface area (Å²) in [5, 5.41) is 15.0. The molecule has 0 aromatic carbocycles. The van der Waals surface area contributed by atoms with E-state index >= 15 is 0 Å². The van der Waals surface area contributed by atoms with Gasteiger partial charge in [-0.3, -0.25) is 4.79 Å². The highest BCUT2D eigenvalue weighted by atomic mass is 16.6. The quantitative estimate of drug-likeness (QED) is 0.650. The van der Waals surface area contributed by atoms with Gasteiger partial charge < -0.3 is 24.6 Å². The summed E-state index contributed by atoms with van der Waals surface area (Å²) in [6, 6.07) is 6.15. The Hall–Kier alpha value is -2.91. The second-order valence-corrected chi connectivity index (χ2v) is 8.65. The van der Waals surface area contributed by atoms with Crippen LogP contribution in [-0.4, -0.2) is 52.1 Å². The molecule has 3 aromatic heterocycles. The lowest BCUT2D eigenvalue weighted by atomic mass is 10.0. The molecule has 1 aliphatic carbocycles. The number of nitrogens with zero attached hydrogens (tertiary/aromatic N) is 3. The SMILES string of the molecule is Cc1onc(OC2CNC3CCCOC32)c1-c1ccn2nc(NC(=O)C3CC3)cc2c1. The van der Waals surface area contributed by atoms with Crippen LogP contribution in [0.3, 0.4) is 0 Å². The smallest absolute Gasteiger partial charge is 0.262 e. The maximum Gasteiger partial charge on any atom is 0.262 e. The van der Waals surface area contributed by atoms with Crippen molar-refractivity contribution >= 4 is 17.2 Å². The van der Waals surface area contributed by atoms with E-state index in [-0.39, 0.29) is 24.0 Å². The lowest BCUT2D eigenvalue weighted by molar-refractivity contribution is -0.117. The first-order valence-electron chi connectivity index (χ1n) is 10.9. The Labute approximate surface area is 179 Å². The van der Waals surface area contributed by atoms with Crippen molar-refractivity contribution in [3.05, 3.63) is 30.2 Å². The molecule has 6 rings (SSSR count). The Kier molecular flexibility index (Phi) is 4.46. The molecule has 5 heterocycles. The zero-order valence-electron chi connectivity index (χ0n) is 17.3. The van der Waals surface area contributed by atoms with Crippen LogP contribution in [0, 0.1) is 12.8 Å². The van der Waals surface area contributed by atoms with Gasteiger partial charge in [-0.05, 0) is 55.5 Å². The van der Waals surface area contributed by atoms with Crippen LogP contribution in [-0.2, 0) is 9.53 Å². The third-order valence-electron chi connectivity index (χ3n) is 6.36. The van der Waals surface area contributed by atoms with Crippen molar-refractivity contribution in [1.82, 2.24) is 20.1 Å². The van der Waals surface area contributed by atoms with Crippen LogP contribution >= 0.6 is 0 Å². The summed E-state index contributed by atoms with van der Waals surface area (Å²) in [4.78, 5) is 12.0. The molecule has 31 heavy (non-hydrogen) atoms. The molecule has 3 aromatic rings. The number of pyridine rings is 1. The van der Waals surface area contributed by atoms with Crippen LogP contribution in [0.2, 0.25) is 0 Å². The van der Waals surface area contributed by atoms with Gasteiger partial charge in [0.25, 0.3) is 5.88 Å². The van der Waals surface area contributed by atoms with Crippen molar-refractivity contribution < 1.29 is 18.8 Å². The van der Waals surface area contributed by atoms with Gasteiger partial charge in [-0.25, -0.2) is 4.52 Å². The molecule has 3 fully saturated rings. The number of anilines is 1. The number of carbonyl (C=O) groups excluding carboxylic acids is 1. The van der Waals surface area contributed by atoms with E-state index in [0.717, 1.165) is 55.5 Å². The molecule has 2 N–H and O–H groups in total. The van der Waals surface area contributed by atoms with Crippen molar-refractivity contribution in [2.24, 2.45) is 5.92 Å². The average molecular weight is 423 g/mol. The predicted octanol–water partition coefficient (Wildman–Crippen LogP) is 2.54. The molecule has 3 atom stereocenters. The number of carbonyl (C=O) groups is 1. The summed E-state index contributed by atoms with van der Waals surface area (Å²) in [6.45, 7) is 3.38. The molecular formula is C22H25N5O4. The molecule has 2 aliphatic heterocycles. The van der Waals surface area contributed by atoms with E-state index in [9.17, 15) is 4.79 Å².